The number of carbonyl (C=O) groups is 2. The van der Waals surface area contributed by atoms with Crippen molar-refractivity contribution in [3.8, 4) is 0 Å². The molecule has 0 bridgehead atoms. The van der Waals surface area contributed by atoms with E-state index in [1.807, 2.05) is 13.8 Å². The van der Waals surface area contributed by atoms with Crippen LogP contribution in [0, 0.1) is 0 Å². The SMILES string of the molecule is CCCCCCCCCCCCSC(CC)C(=O)NC(CC)C(C)=O. The molecule has 148 valence electrons. The Bertz CT molecular complexity index is 347. The Morgan fingerprint density at radius 1 is 0.800 bits per heavy atom. The Kier molecular flexibility index (Phi) is 16.6. The van der Waals surface area contributed by atoms with Gasteiger partial charge >= 0.3 is 0 Å². The molecular formula is C21H41NO2S. The van der Waals surface area contributed by atoms with E-state index in [-0.39, 0.29) is 23.0 Å². The second kappa shape index (κ2) is 16.9. The van der Waals surface area contributed by atoms with Crippen molar-refractivity contribution in [2.75, 3.05) is 5.75 Å². The molecule has 0 saturated carbocycles. The van der Waals surface area contributed by atoms with Gasteiger partial charge in [-0.1, -0.05) is 78.6 Å². The van der Waals surface area contributed by atoms with Crippen LogP contribution in [0.1, 0.15) is 105 Å². The van der Waals surface area contributed by atoms with E-state index >= 15 is 0 Å². The van der Waals surface area contributed by atoms with Gasteiger partial charge < -0.3 is 5.32 Å². The molecule has 1 amide bonds. The molecule has 0 rings (SSSR count). The molecule has 3 nitrogen and oxygen atoms in total. The molecule has 0 heterocycles. The summed E-state index contributed by atoms with van der Waals surface area (Å²) in [4.78, 5) is 23.7. The normalized spacial score (nSPS) is 13.4. The zero-order valence-corrected chi connectivity index (χ0v) is 17.9. The van der Waals surface area contributed by atoms with Gasteiger partial charge in [0.2, 0.25) is 5.91 Å². The Labute approximate surface area is 160 Å². The molecule has 0 saturated heterocycles. The summed E-state index contributed by atoms with van der Waals surface area (Å²) in [5.74, 6) is 1.12. The van der Waals surface area contributed by atoms with Crippen molar-refractivity contribution in [3.63, 3.8) is 0 Å². The third-order valence-corrected chi connectivity index (χ3v) is 6.17. The molecule has 0 aliphatic carbocycles. The quantitative estimate of drug-likeness (QED) is 0.324. The third-order valence-electron chi connectivity index (χ3n) is 4.70. The van der Waals surface area contributed by atoms with Crippen molar-refractivity contribution in [1.82, 2.24) is 5.32 Å². The summed E-state index contributed by atoms with van der Waals surface area (Å²) < 4.78 is 0. The molecule has 2 unspecified atom stereocenters. The van der Waals surface area contributed by atoms with Crippen LogP contribution >= 0.6 is 11.8 Å². The molecule has 1 N–H and O–H groups in total. The molecule has 0 aliphatic heterocycles. The molecular weight excluding hydrogens is 330 g/mol. The minimum absolute atomic E-state index is 0.0213. The number of carbonyl (C=O) groups excluding carboxylic acids is 2. The van der Waals surface area contributed by atoms with Crippen LogP contribution in [0.2, 0.25) is 0 Å². The van der Waals surface area contributed by atoms with Crippen molar-refractivity contribution >= 4 is 23.5 Å². The number of thioether (sulfide) groups is 1. The maximum Gasteiger partial charge on any atom is 0.233 e. The average molecular weight is 372 g/mol. The van der Waals surface area contributed by atoms with E-state index < -0.39 is 0 Å². The van der Waals surface area contributed by atoms with Crippen molar-refractivity contribution in [3.05, 3.63) is 0 Å². The van der Waals surface area contributed by atoms with Gasteiger partial charge in [0.25, 0.3) is 0 Å². The summed E-state index contributed by atoms with van der Waals surface area (Å²) in [5.41, 5.74) is 0. The van der Waals surface area contributed by atoms with Crippen molar-refractivity contribution in [1.29, 1.82) is 0 Å². The van der Waals surface area contributed by atoms with Crippen molar-refractivity contribution in [2.45, 2.75) is 116 Å². The first-order chi connectivity index (χ1) is 12.1. The van der Waals surface area contributed by atoms with Gasteiger partial charge in [0.05, 0.1) is 11.3 Å². The number of unbranched alkanes of at least 4 members (excludes halogenated alkanes) is 9. The highest BCUT2D eigenvalue weighted by Crippen LogP contribution is 2.18. The van der Waals surface area contributed by atoms with E-state index in [9.17, 15) is 9.59 Å². The summed E-state index contributed by atoms with van der Waals surface area (Å²) >= 11 is 1.75. The van der Waals surface area contributed by atoms with Crippen LogP contribution in [-0.2, 0) is 9.59 Å². The Morgan fingerprint density at radius 2 is 1.32 bits per heavy atom. The lowest BCUT2D eigenvalue weighted by Gasteiger charge is -2.19. The van der Waals surface area contributed by atoms with Crippen LogP contribution in [0.25, 0.3) is 0 Å². The number of rotatable bonds is 17. The predicted octanol–water partition coefficient (Wildman–Crippen LogP) is 5.90. The fraction of sp³-hybridized carbons (Fsp3) is 0.905. The average Bonchev–Trinajstić information content (AvgIpc) is 2.60. The zero-order chi connectivity index (χ0) is 18.9. The van der Waals surface area contributed by atoms with Gasteiger partial charge in [-0.2, -0.15) is 0 Å². The number of ketones is 1. The summed E-state index contributed by atoms with van der Waals surface area (Å²) in [6, 6.07) is -0.320. The lowest BCUT2D eigenvalue weighted by atomic mass is 10.1. The minimum Gasteiger partial charge on any atom is -0.345 e. The molecule has 2 atom stereocenters. The Morgan fingerprint density at radius 3 is 1.76 bits per heavy atom. The zero-order valence-electron chi connectivity index (χ0n) is 17.1. The van der Waals surface area contributed by atoms with Gasteiger partial charge in [0.1, 0.15) is 0 Å². The summed E-state index contributed by atoms with van der Waals surface area (Å²) in [5, 5.41) is 2.88. The van der Waals surface area contributed by atoms with Crippen molar-refractivity contribution < 1.29 is 9.59 Å². The number of nitrogens with one attached hydrogen (secondary N) is 1. The van der Waals surface area contributed by atoms with E-state index in [0.29, 0.717) is 6.42 Å². The topological polar surface area (TPSA) is 46.2 Å². The monoisotopic (exact) mass is 371 g/mol. The fourth-order valence-corrected chi connectivity index (χ4v) is 4.06. The van der Waals surface area contributed by atoms with E-state index in [4.69, 9.17) is 0 Å². The predicted molar refractivity (Wildman–Crippen MR) is 111 cm³/mol. The maximum absolute atomic E-state index is 12.3. The van der Waals surface area contributed by atoms with Crippen LogP contribution in [0.15, 0.2) is 0 Å². The second-order valence-corrected chi connectivity index (χ2v) is 8.34. The molecule has 0 spiro atoms. The lowest BCUT2D eigenvalue weighted by Crippen LogP contribution is -2.43. The fourth-order valence-electron chi connectivity index (χ4n) is 2.95. The van der Waals surface area contributed by atoms with Crippen molar-refractivity contribution in [2.24, 2.45) is 0 Å². The largest absolute Gasteiger partial charge is 0.345 e. The van der Waals surface area contributed by atoms with Gasteiger partial charge in [-0.05, 0) is 31.9 Å². The second-order valence-electron chi connectivity index (χ2n) is 7.03. The highest BCUT2D eigenvalue weighted by Gasteiger charge is 2.21. The minimum atomic E-state index is -0.320. The van der Waals surface area contributed by atoms with E-state index in [0.717, 1.165) is 12.2 Å². The third kappa shape index (κ3) is 13.4. The summed E-state index contributed by atoms with van der Waals surface area (Å²) in [6.07, 6.45) is 14.9. The summed E-state index contributed by atoms with van der Waals surface area (Å²) in [6.45, 7) is 7.79. The highest BCUT2D eigenvalue weighted by molar-refractivity contribution is 8.00. The van der Waals surface area contributed by atoms with E-state index in [1.54, 1.807) is 18.7 Å². The number of amides is 1. The highest BCUT2D eigenvalue weighted by atomic mass is 32.2. The van der Waals surface area contributed by atoms with Crippen LogP contribution in [0.5, 0.6) is 0 Å². The van der Waals surface area contributed by atoms with Gasteiger partial charge in [0.15, 0.2) is 5.78 Å². The van der Waals surface area contributed by atoms with Crippen LogP contribution < -0.4 is 5.32 Å². The number of hydrogen-bond donors (Lipinski definition) is 1. The van der Waals surface area contributed by atoms with Gasteiger partial charge in [-0.15, -0.1) is 11.8 Å². The molecule has 4 heteroatoms. The molecule has 0 aromatic heterocycles. The van der Waals surface area contributed by atoms with E-state index in [2.05, 4.69) is 12.2 Å². The van der Waals surface area contributed by atoms with E-state index in [1.165, 1.54) is 64.2 Å². The summed E-state index contributed by atoms with van der Waals surface area (Å²) in [7, 11) is 0. The van der Waals surface area contributed by atoms with Crippen LogP contribution in [0.3, 0.4) is 0 Å². The Balaban J connectivity index is 3.69. The lowest BCUT2D eigenvalue weighted by molar-refractivity contribution is -0.126. The first-order valence-corrected chi connectivity index (χ1v) is 11.5. The Hall–Kier alpha value is -0.510. The first kappa shape index (κ1) is 24.5. The molecule has 0 fully saturated rings. The molecule has 0 radical (unpaired) electrons. The smallest absolute Gasteiger partial charge is 0.233 e. The molecule has 0 aromatic rings. The number of Topliss-reactive ketones (excluding diaryl/α,β-unsaturated/α-hetero) is 1. The molecule has 0 aliphatic rings. The first-order valence-electron chi connectivity index (χ1n) is 10.5. The van der Waals surface area contributed by atoms with Crippen LogP contribution in [0.4, 0.5) is 0 Å². The number of hydrogen-bond acceptors (Lipinski definition) is 3. The van der Waals surface area contributed by atoms with Crippen LogP contribution in [-0.4, -0.2) is 28.7 Å². The van der Waals surface area contributed by atoms with Gasteiger partial charge in [-0.25, -0.2) is 0 Å². The maximum atomic E-state index is 12.3. The standard InChI is InChI=1S/C21H41NO2S/c1-5-8-9-10-11-12-13-14-15-16-17-25-20(7-3)21(24)22-19(6-2)18(4)23/h19-20H,5-17H2,1-4H3,(H,22,24). The molecule has 25 heavy (non-hydrogen) atoms. The van der Waals surface area contributed by atoms with Gasteiger partial charge in [0, 0.05) is 0 Å². The molecule has 0 aromatic carbocycles. The van der Waals surface area contributed by atoms with Gasteiger partial charge in [-0.3, -0.25) is 9.59 Å².